The minimum absolute atomic E-state index is 0.0110. The predicted octanol–water partition coefficient (Wildman–Crippen LogP) is 3.90. The van der Waals surface area contributed by atoms with Gasteiger partial charge in [0.05, 0.1) is 22.3 Å². The van der Waals surface area contributed by atoms with Crippen LogP contribution in [0, 0.1) is 0 Å². The number of aromatic hydroxyl groups is 1. The summed E-state index contributed by atoms with van der Waals surface area (Å²) in [7, 11) is 0. The van der Waals surface area contributed by atoms with E-state index in [-0.39, 0.29) is 28.4 Å². The van der Waals surface area contributed by atoms with Crippen LogP contribution in [0.3, 0.4) is 0 Å². The summed E-state index contributed by atoms with van der Waals surface area (Å²) in [5.41, 5.74) is 1.57. The van der Waals surface area contributed by atoms with Crippen LogP contribution in [-0.4, -0.2) is 32.8 Å². The average Bonchev–Trinajstić information content (AvgIpc) is 3.37. The minimum Gasteiger partial charge on any atom is -0.505 e. The number of halogens is 2. The molecule has 8 heteroatoms. The van der Waals surface area contributed by atoms with E-state index < -0.39 is 0 Å². The van der Waals surface area contributed by atoms with Crippen LogP contribution in [-0.2, 0) is 0 Å². The molecule has 1 fully saturated rings. The molecule has 0 unspecified atom stereocenters. The topological polar surface area (TPSA) is 90.3 Å². The van der Waals surface area contributed by atoms with Gasteiger partial charge in [-0.15, -0.1) is 0 Å². The monoisotopic (exact) mass is 368 g/mol. The Hall–Kier alpha value is -1.76. The van der Waals surface area contributed by atoms with Crippen molar-refractivity contribution in [1.82, 2.24) is 9.97 Å². The Bertz CT molecular complexity index is 730. The number of aromatic nitrogens is 2. The van der Waals surface area contributed by atoms with Gasteiger partial charge in [-0.3, -0.25) is 0 Å². The Kier molecular flexibility index (Phi) is 4.99. The van der Waals surface area contributed by atoms with E-state index in [1.54, 1.807) is 12.1 Å². The molecule has 1 aromatic heterocycles. The fourth-order valence-corrected chi connectivity index (χ4v) is 2.72. The Labute approximate surface area is 149 Å². The van der Waals surface area contributed by atoms with Gasteiger partial charge in [-0.05, 0) is 31.9 Å². The molecule has 6 nitrogen and oxygen atoms in total. The number of aliphatic hydroxyl groups excluding tert-OH is 1. The van der Waals surface area contributed by atoms with Crippen LogP contribution in [0.4, 0.5) is 17.5 Å². The summed E-state index contributed by atoms with van der Waals surface area (Å²) < 4.78 is 0. The highest BCUT2D eigenvalue weighted by molar-refractivity contribution is 6.37. The summed E-state index contributed by atoms with van der Waals surface area (Å²) in [6.07, 6.45) is 2.23. The molecule has 1 atom stereocenters. The SMILES string of the molecule is C[C@H](CO)Nc1nc(Nc2cc(Cl)c(O)c(Cl)c2)cc(C2CC2)n1. The van der Waals surface area contributed by atoms with Gasteiger partial charge in [0.2, 0.25) is 5.95 Å². The number of nitrogens with zero attached hydrogens (tertiary/aromatic N) is 2. The molecule has 0 aliphatic heterocycles. The van der Waals surface area contributed by atoms with Gasteiger partial charge in [-0.1, -0.05) is 23.2 Å². The van der Waals surface area contributed by atoms with Crippen molar-refractivity contribution in [3.8, 4) is 5.75 Å². The van der Waals surface area contributed by atoms with E-state index in [1.165, 1.54) is 0 Å². The lowest BCUT2D eigenvalue weighted by atomic mass is 10.2. The van der Waals surface area contributed by atoms with Gasteiger partial charge in [0.25, 0.3) is 0 Å². The van der Waals surface area contributed by atoms with E-state index >= 15 is 0 Å². The van der Waals surface area contributed by atoms with Crippen LogP contribution in [0.25, 0.3) is 0 Å². The third-order valence-corrected chi connectivity index (χ3v) is 4.26. The molecular weight excluding hydrogens is 351 g/mol. The molecule has 3 rings (SSSR count). The Morgan fingerprint density at radius 2 is 1.88 bits per heavy atom. The molecule has 128 valence electrons. The second kappa shape index (κ2) is 7.01. The summed E-state index contributed by atoms with van der Waals surface area (Å²) >= 11 is 11.9. The number of hydrogen-bond donors (Lipinski definition) is 4. The maximum Gasteiger partial charge on any atom is 0.225 e. The quantitative estimate of drug-likeness (QED) is 0.578. The second-order valence-electron chi connectivity index (χ2n) is 5.92. The Morgan fingerprint density at radius 3 is 2.46 bits per heavy atom. The Morgan fingerprint density at radius 1 is 1.21 bits per heavy atom. The largest absolute Gasteiger partial charge is 0.505 e. The summed E-state index contributed by atoms with van der Waals surface area (Å²) in [6.45, 7) is 1.84. The lowest BCUT2D eigenvalue weighted by molar-refractivity contribution is 0.281. The first-order chi connectivity index (χ1) is 11.5. The van der Waals surface area contributed by atoms with Crippen LogP contribution < -0.4 is 10.6 Å². The van der Waals surface area contributed by atoms with Gasteiger partial charge in [-0.2, -0.15) is 4.98 Å². The van der Waals surface area contributed by atoms with Crippen molar-refractivity contribution in [1.29, 1.82) is 0 Å². The molecule has 2 aromatic rings. The van der Waals surface area contributed by atoms with Crippen molar-refractivity contribution >= 4 is 40.7 Å². The highest BCUT2D eigenvalue weighted by Gasteiger charge is 2.26. The standard InChI is InChI=1S/C16H18Cl2N4O2/c1-8(7-23)19-16-21-13(9-2-3-9)6-14(22-16)20-10-4-11(17)15(24)12(18)5-10/h4-6,8-9,23-24H,2-3,7H2,1H3,(H2,19,20,21,22)/t8-/m1/s1. The van der Waals surface area contributed by atoms with Crippen molar-refractivity contribution in [3.63, 3.8) is 0 Å². The molecule has 1 aliphatic carbocycles. The van der Waals surface area contributed by atoms with E-state index in [0.29, 0.717) is 23.4 Å². The van der Waals surface area contributed by atoms with Crippen molar-refractivity contribution in [2.24, 2.45) is 0 Å². The van der Waals surface area contributed by atoms with Crippen molar-refractivity contribution in [3.05, 3.63) is 33.9 Å². The number of phenolic OH excluding ortho intramolecular Hbond substituents is 1. The van der Waals surface area contributed by atoms with Crippen LogP contribution in [0.2, 0.25) is 10.0 Å². The molecule has 1 heterocycles. The summed E-state index contributed by atoms with van der Waals surface area (Å²) in [5.74, 6) is 1.35. The molecule has 0 bridgehead atoms. The van der Waals surface area contributed by atoms with Gasteiger partial charge in [-0.25, -0.2) is 4.98 Å². The van der Waals surface area contributed by atoms with Gasteiger partial charge in [0.15, 0.2) is 5.75 Å². The predicted molar refractivity (Wildman–Crippen MR) is 95.6 cm³/mol. The third kappa shape index (κ3) is 4.01. The smallest absolute Gasteiger partial charge is 0.225 e. The normalized spacial score (nSPS) is 15.2. The van der Waals surface area contributed by atoms with Crippen molar-refractivity contribution in [2.45, 2.75) is 31.7 Å². The van der Waals surface area contributed by atoms with Crippen molar-refractivity contribution in [2.75, 3.05) is 17.2 Å². The molecule has 24 heavy (non-hydrogen) atoms. The summed E-state index contributed by atoms with van der Waals surface area (Å²) in [6, 6.07) is 4.89. The van der Waals surface area contributed by atoms with Crippen LogP contribution >= 0.6 is 23.2 Å². The van der Waals surface area contributed by atoms with E-state index in [1.807, 2.05) is 13.0 Å². The fourth-order valence-electron chi connectivity index (χ4n) is 2.23. The minimum atomic E-state index is -0.149. The lowest BCUT2D eigenvalue weighted by Crippen LogP contribution is -2.21. The van der Waals surface area contributed by atoms with Crippen molar-refractivity contribution < 1.29 is 10.2 Å². The molecular formula is C16H18Cl2N4O2. The molecule has 1 aromatic carbocycles. The zero-order valence-corrected chi connectivity index (χ0v) is 14.6. The maximum atomic E-state index is 9.64. The van der Waals surface area contributed by atoms with Gasteiger partial charge < -0.3 is 20.8 Å². The second-order valence-corrected chi connectivity index (χ2v) is 6.73. The van der Waals surface area contributed by atoms with Crippen LogP contribution in [0.5, 0.6) is 5.75 Å². The van der Waals surface area contributed by atoms with Crippen LogP contribution in [0.15, 0.2) is 18.2 Å². The van der Waals surface area contributed by atoms with Gasteiger partial charge in [0.1, 0.15) is 5.82 Å². The zero-order valence-electron chi connectivity index (χ0n) is 13.1. The van der Waals surface area contributed by atoms with E-state index in [9.17, 15) is 10.2 Å². The zero-order chi connectivity index (χ0) is 17.3. The number of hydrogen-bond acceptors (Lipinski definition) is 6. The molecule has 0 radical (unpaired) electrons. The summed E-state index contributed by atoms with van der Waals surface area (Å²) in [4.78, 5) is 8.92. The fraction of sp³-hybridized carbons (Fsp3) is 0.375. The van der Waals surface area contributed by atoms with Gasteiger partial charge >= 0.3 is 0 Å². The van der Waals surface area contributed by atoms with Crippen LogP contribution in [0.1, 0.15) is 31.4 Å². The van der Waals surface area contributed by atoms with E-state index in [4.69, 9.17) is 23.2 Å². The van der Waals surface area contributed by atoms with Gasteiger partial charge in [0, 0.05) is 23.7 Å². The Balaban J connectivity index is 1.89. The number of phenols is 1. The number of rotatable bonds is 6. The molecule has 0 spiro atoms. The number of aliphatic hydroxyl groups is 1. The van der Waals surface area contributed by atoms with E-state index in [2.05, 4.69) is 20.6 Å². The highest BCUT2D eigenvalue weighted by atomic mass is 35.5. The first kappa shape index (κ1) is 17.1. The maximum absolute atomic E-state index is 9.64. The first-order valence-electron chi connectivity index (χ1n) is 7.67. The van der Waals surface area contributed by atoms with E-state index in [0.717, 1.165) is 18.5 Å². The highest BCUT2D eigenvalue weighted by Crippen LogP contribution is 2.40. The number of anilines is 3. The molecule has 1 saturated carbocycles. The third-order valence-electron chi connectivity index (χ3n) is 3.68. The molecule has 4 N–H and O–H groups in total. The summed E-state index contributed by atoms with van der Waals surface area (Å²) in [5, 5.41) is 25.4. The number of benzene rings is 1. The first-order valence-corrected chi connectivity index (χ1v) is 8.43. The lowest BCUT2D eigenvalue weighted by Gasteiger charge is -2.14. The number of nitrogens with one attached hydrogen (secondary N) is 2. The average molecular weight is 369 g/mol. The molecule has 0 saturated heterocycles. The molecule has 1 aliphatic rings. The molecule has 0 amide bonds.